The third-order valence-corrected chi connectivity index (χ3v) is 8.03. The van der Waals surface area contributed by atoms with E-state index in [1.54, 1.807) is 35.7 Å². The standard InChI is InChI=1S/C24H20FN3O5S2/c25-19-9-2-4-11-21(19)28(35(31,32)23-12-6-14-34-23)16-22(29)27-20-10-3-1-8-18(20)24(30)26-15-17-7-5-13-33-17/h1-14H,15-16H2,(H,26,30)(H,27,29). The second-order valence-corrected chi connectivity index (χ2v) is 10.3. The van der Waals surface area contributed by atoms with E-state index >= 15 is 0 Å². The van der Waals surface area contributed by atoms with Gasteiger partial charge in [-0.3, -0.25) is 13.9 Å². The third-order valence-electron chi connectivity index (χ3n) is 4.90. The number of nitrogens with one attached hydrogen (secondary N) is 2. The number of thiophene rings is 1. The van der Waals surface area contributed by atoms with Crippen LogP contribution in [-0.2, 0) is 21.4 Å². The first-order valence-corrected chi connectivity index (χ1v) is 12.7. The molecule has 0 aliphatic heterocycles. The van der Waals surface area contributed by atoms with Crippen LogP contribution in [0.4, 0.5) is 15.8 Å². The molecule has 0 atom stereocenters. The lowest BCUT2D eigenvalue weighted by Crippen LogP contribution is -2.38. The summed E-state index contributed by atoms with van der Waals surface area (Å²) in [5.74, 6) is -1.45. The lowest BCUT2D eigenvalue weighted by atomic mass is 10.1. The molecule has 0 spiro atoms. The summed E-state index contributed by atoms with van der Waals surface area (Å²) in [5, 5.41) is 6.84. The number of amides is 2. The predicted octanol–water partition coefficient (Wildman–Crippen LogP) is 4.24. The van der Waals surface area contributed by atoms with Gasteiger partial charge in [0.25, 0.3) is 15.9 Å². The molecule has 180 valence electrons. The summed E-state index contributed by atoms with van der Waals surface area (Å²) in [6.07, 6.45) is 1.49. The molecule has 4 aromatic rings. The van der Waals surface area contributed by atoms with Gasteiger partial charge in [0.2, 0.25) is 5.91 Å². The van der Waals surface area contributed by atoms with E-state index in [2.05, 4.69) is 10.6 Å². The van der Waals surface area contributed by atoms with Crippen molar-refractivity contribution in [2.24, 2.45) is 0 Å². The van der Waals surface area contributed by atoms with Gasteiger partial charge in [-0.2, -0.15) is 0 Å². The number of sulfonamides is 1. The minimum absolute atomic E-state index is 0.0359. The number of rotatable bonds is 9. The van der Waals surface area contributed by atoms with Crippen molar-refractivity contribution in [3.05, 3.63) is 102 Å². The topological polar surface area (TPSA) is 109 Å². The van der Waals surface area contributed by atoms with Crippen LogP contribution in [0.25, 0.3) is 0 Å². The van der Waals surface area contributed by atoms with E-state index in [1.165, 1.54) is 42.7 Å². The van der Waals surface area contributed by atoms with E-state index in [4.69, 9.17) is 4.42 Å². The molecule has 4 rings (SSSR count). The van der Waals surface area contributed by atoms with Crippen LogP contribution in [0.5, 0.6) is 0 Å². The van der Waals surface area contributed by atoms with Gasteiger partial charge in [0.05, 0.1) is 29.7 Å². The Morgan fingerprint density at radius 3 is 2.46 bits per heavy atom. The summed E-state index contributed by atoms with van der Waals surface area (Å²) in [5.41, 5.74) is 0.0861. The molecule has 0 saturated heterocycles. The van der Waals surface area contributed by atoms with Crippen LogP contribution in [0.3, 0.4) is 0 Å². The highest BCUT2D eigenvalue weighted by Crippen LogP contribution is 2.28. The van der Waals surface area contributed by atoms with Gasteiger partial charge >= 0.3 is 0 Å². The zero-order valence-electron chi connectivity index (χ0n) is 18.2. The quantitative estimate of drug-likeness (QED) is 0.348. The number of hydrogen-bond donors (Lipinski definition) is 2. The van der Waals surface area contributed by atoms with Crippen LogP contribution in [0.2, 0.25) is 0 Å². The van der Waals surface area contributed by atoms with E-state index in [0.29, 0.717) is 10.1 Å². The minimum atomic E-state index is -4.22. The van der Waals surface area contributed by atoms with Gasteiger partial charge < -0.3 is 15.1 Å². The van der Waals surface area contributed by atoms with Crippen LogP contribution >= 0.6 is 11.3 Å². The van der Waals surface area contributed by atoms with Crippen molar-refractivity contribution < 1.29 is 26.8 Å². The Bertz CT molecular complexity index is 1420. The second-order valence-electron chi connectivity index (χ2n) is 7.25. The van der Waals surface area contributed by atoms with Gasteiger partial charge in [0.1, 0.15) is 22.3 Å². The second kappa shape index (κ2) is 10.5. The van der Waals surface area contributed by atoms with Gasteiger partial charge in [0.15, 0.2) is 0 Å². The molecule has 0 aliphatic rings. The van der Waals surface area contributed by atoms with Crippen molar-refractivity contribution in [1.29, 1.82) is 0 Å². The summed E-state index contributed by atoms with van der Waals surface area (Å²) in [6.45, 7) is -0.558. The van der Waals surface area contributed by atoms with Crippen LogP contribution in [-0.4, -0.2) is 26.8 Å². The Morgan fingerprint density at radius 2 is 1.74 bits per heavy atom. The molecular formula is C24H20FN3O5S2. The maximum absolute atomic E-state index is 14.6. The van der Waals surface area contributed by atoms with Gasteiger partial charge in [-0.05, 0) is 47.8 Å². The Kier molecular flexibility index (Phi) is 7.28. The number of carbonyl (C=O) groups excluding carboxylic acids is 2. The van der Waals surface area contributed by atoms with Crippen molar-refractivity contribution in [2.75, 3.05) is 16.2 Å². The fourth-order valence-electron chi connectivity index (χ4n) is 3.26. The van der Waals surface area contributed by atoms with Gasteiger partial charge in [-0.25, -0.2) is 12.8 Å². The number of anilines is 2. The number of para-hydroxylation sites is 2. The van der Waals surface area contributed by atoms with Crippen molar-refractivity contribution in [3.63, 3.8) is 0 Å². The van der Waals surface area contributed by atoms with Crippen LogP contribution < -0.4 is 14.9 Å². The normalized spacial score (nSPS) is 11.1. The SMILES string of the molecule is O=C(CN(c1ccccc1F)S(=O)(=O)c1cccs1)Nc1ccccc1C(=O)NCc1ccco1. The van der Waals surface area contributed by atoms with E-state index < -0.39 is 34.2 Å². The molecule has 35 heavy (non-hydrogen) atoms. The fourth-order valence-corrected chi connectivity index (χ4v) is 5.79. The summed E-state index contributed by atoms with van der Waals surface area (Å²) in [6, 6.07) is 17.9. The van der Waals surface area contributed by atoms with Crippen LogP contribution in [0.15, 0.2) is 93.1 Å². The lowest BCUT2D eigenvalue weighted by molar-refractivity contribution is -0.114. The van der Waals surface area contributed by atoms with Gasteiger partial charge in [0, 0.05) is 0 Å². The third kappa shape index (κ3) is 5.58. The van der Waals surface area contributed by atoms with Gasteiger partial charge in [-0.1, -0.05) is 30.3 Å². The van der Waals surface area contributed by atoms with E-state index in [1.807, 2.05) is 0 Å². The minimum Gasteiger partial charge on any atom is -0.467 e. The molecule has 0 aliphatic carbocycles. The molecule has 2 N–H and O–H groups in total. The molecule has 0 bridgehead atoms. The molecule has 2 aromatic carbocycles. The average Bonchev–Trinajstić information content (AvgIpc) is 3.57. The fraction of sp³-hybridized carbons (Fsp3) is 0.0833. The van der Waals surface area contributed by atoms with E-state index in [-0.39, 0.29) is 27.7 Å². The van der Waals surface area contributed by atoms with E-state index in [0.717, 1.165) is 17.4 Å². The molecule has 0 radical (unpaired) electrons. The highest BCUT2D eigenvalue weighted by molar-refractivity contribution is 7.94. The number of furan rings is 1. The number of benzene rings is 2. The summed E-state index contributed by atoms with van der Waals surface area (Å²) in [4.78, 5) is 25.6. The molecule has 2 heterocycles. The number of nitrogens with zero attached hydrogens (tertiary/aromatic N) is 1. The number of halogens is 1. The number of carbonyl (C=O) groups is 2. The maximum Gasteiger partial charge on any atom is 0.274 e. The molecular weight excluding hydrogens is 493 g/mol. The summed E-state index contributed by atoms with van der Waals surface area (Å²) in [7, 11) is -4.22. The lowest BCUT2D eigenvalue weighted by Gasteiger charge is -2.24. The first kappa shape index (κ1) is 24.2. The molecule has 0 fully saturated rings. The zero-order chi connectivity index (χ0) is 24.8. The van der Waals surface area contributed by atoms with Crippen LogP contribution in [0.1, 0.15) is 16.1 Å². The van der Waals surface area contributed by atoms with E-state index in [9.17, 15) is 22.4 Å². The Morgan fingerprint density at radius 1 is 0.971 bits per heavy atom. The number of hydrogen-bond acceptors (Lipinski definition) is 6. The Balaban J connectivity index is 1.56. The predicted molar refractivity (Wildman–Crippen MR) is 130 cm³/mol. The molecule has 11 heteroatoms. The smallest absolute Gasteiger partial charge is 0.274 e. The Hall–Kier alpha value is -3.96. The molecule has 0 saturated carbocycles. The largest absolute Gasteiger partial charge is 0.467 e. The van der Waals surface area contributed by atoms with Crippen molar-refractivity contribution in [3.8, 4) is 0 Å². The molecule has 2 aromatic heterocycles. The van der Waals surface area contributed by atoms with Crippen molar-refractivity contribution in [1.82, 2.24) is 5.32 Å². The summed E-state index contributed by atoms with van der Waals surface area (Å²) < 4.78 is 46.9. The first-order valence-electron chi connectivity index (χ1n) is 10.4. The monoisotopic (exact) mass is 513 g/mol. The highest BCUT2D eigenvalue weighted by Gasteiger charge is 2.30. The molecule has 2 amide bonds. The van der Waals surface area contributed by atoms with Crippen molar-refractivity contribution >= 4 is 44.5 Å². The van der Waals surface area contributed by atoms with Crippen molar-refractivity contribution in [2.45, 2.75) is 10.8 Å². The molecule has 0 unspecified atom stereocenters. The Labute approximate surface area is 205 Å². The summed E-state index contributed by atoms with van der Waals surface area (Å²) >= 11 is 0.956. The zero-order valence-corrected chi connectivity index (χ0v) is 19.8. The average molecular weight is 514 g/mol. The first-order chi connectivity index (χ1) is 16.9. The maximum atomic E-state index is 14.6. The highest BCUT2D eigenvalue weighted by atomic mass is 32.2. The molecule has 8 nitrogen and oxygen atoms in total. The van der Waals surface area contributed by atoms with Crippen LogP contribution in [0, 0.1) is 5.82 Å². The van der Waals surface area contributed by atoms with Gasteiger partial charge in [-0.15, -0.1) is 11.3 Å².